The lowest BCUT2D eigenvalue weighted by molar-refractivity contribution is 1.34. The van der Waals surface area contributed by atoms with Crippen molar-refractivity contribution in [2.75, 3.05) is 0 Å². The number of aromatic nitrogens is 2. The van der Waals surface area contributed by atoms with Gasteiger partial charge in [-0.3, -0.25) is 9.97 Å². The van der Waals surface area contributed by atoms with E-state index in [4.69, 9.17) is 0 Å². The highest BCUT2D eigenvalue weighted by atomic mass is 28.3. The van der Waals surface area contributed by atoms with Crippen LogP contribution in [0.1, 0.15) is 22.3 Å². The minimum Gasteiger partial charge on any atom is -0.265 e. The Labute approximate surface area is 244 Å². The average molecular weight is 547 g/mol. The molecule has 0 radical (unpaired) electrons. The molecule has 6 rings (SSSR count). The summed E-state index contributed by atoms with van der Waals surface area (Å²) in [5.41, 5.74) is 10.1. The SMILES string of the molecule is Cc1cc(C)cc(-c2ccc([Si](c3ccc(-c4cc(C)cc(C)c4)cc3)(c3cccnc3)c3cccnc3)cc2)c1. The summed E-state index contributed by atoms with van der Waals surface area (Å²) in [5, 5.41) is 5.11. The van der Waals surface area contributed by atoms with Crippen LogP contribution in [0.5, 0.6) is 0 Å². The Morgan fingerprint density at radius 3 is 1.07 bits per heavy atom. The molecular formula is C38H34N2Si. The fourth-order valence-electron chi connectivity index (χ4n) is 6.28. The van der Waals surface area contributed by atoms with E-state index in [0.717, 1.165) is 0 Å². The second kappa shape index (κ2) is 11.1. The molecular weight excluding hydrogens is 513 g/mol. The smallest absolute Gasteiger partial charge is 0.182 e. The van der Waals surface area contributed by atoms with Crippen molar-refractivity contribution in [3.05, 3.63) is 156 Å². The molecule has 0 aliphatic heterocycles. The van der Waals surface area contributed by atoms with Crippen LogP contribution >= 0.6 is 0 Å². The molecule has 3 heteroatoms. The Kier molecular flexibility index (Phi) is 7.21. The molecule has 41 heavy (non-hydrogen) atoms. The number of hydrogen-bond acceptors (Lipinski definition) is 2. The lowest BCUT2D eigenvalue weighted by Crippen LogP contribution is -2.74. The fraction of sp³-hybridized carbons (Fsp3) is 0.105. The molecule has 2 aromatic heterocycles. The molecule has 0 saturated carbocycles. The van der Waals surface area contributed by atoms with Gasteiger partial charge in [-0.25, -0.2) is 0 Å². The van der Waals surface area contributed by atoms with Gasteiger partial charge in [0.1, 0.15) is 0 Å². The van der Waals surface area contributed by atoms with E-state index in [9.17, 15) is 0 Å². The Balaban J connectivity index is 1.56. The average Bonchev–Trinajstić information content (AvgIpc) is 2.98. The highest BCUT2D eigenvalue weighted by Gasteiger charge is 2.42. The number of benzene rings is 4. The maximum atomic E-state index is 4.61. The zero-order valence-electron chi connectivity index (χ0n) is 24.1. The van der Waals surface area contributed by atoms with Crippen LogP contribution < -0.4 is 20.7 Å². The monoisotopic (exact) mass is 546 g/mol. The molecule has 200 valence electrons. The summed E-state index contributed by atoms with van der Waals surface area (Å²) in [6.07, 6.45) is 7.82. The molecule has 0 aliphatic rings. The molecule has 0 fully saturated rings. The maximum Gasteiger partial charge on any atom is 0.182 e. The van der Waals surface area contributed by atoms with Crippen molar-refractivity contribution in [3.63, 3.8) is 0 Å². The van der Waals surface area contributed by atoms with E-state index < -0.39 is 8.07 Å². The van der Waals surface area contributed by atoms with Gasteiger partial charge >= 0.3 is 0 Å². The van der Waals surface area contributed by atoms with Gasteiger partial charge in [0, 0.05) is 24.8 Å². The zero-order chi connectivity index (χ0) is 28.4. The molecule has 0 amide bonds. The summed E-state index contributed by atoms with van der Waals surface area (Å²) in [6, 6.07) is 40.5. The van der Waals surface area contributed by atoms with Gasteiger partial charge in [-0.2, -0.15) is 0 Å². The van der Waals surface area contributed by atoms with Crippen molar-refractivity contribution in [2.24, 2.45) is 0 Å². The van der Waals surface area contributed by atoms with Crippen molar-refractivity contribution >= 4 is 28.8 Å². The molecule has 2 nitrogen and oxygen atoms in total. The first kappa shape index (κ1) is 26.6. The van der Waals surface area contributed by atoms with Crippen LogP contribution in [-0.4, -0.2) is 18.0 Å². The summed E-state index contributed by atoms with van der Waals surface area (Å²) in [6.45, 7) is 8.65. The van der Waals surface area contributed by atoms with Crippen LogP contribution in [0, 0.1) is 27.7 Å². The van der Waals surface area contributed by atoms with E-state index in [-0.39, 0.29) is 0 Å². The molecule has 6 aromatic rings. The van der Waals surface area contributed by atoms with E-state index in [1.807, 2.05) is 12.4 Å². The van der Waals surface area contributed by atoms with Crippen molar-refractivity contribution in [3.8, 4) is 22.3 Å². The Morgan fingerprint density at radius 1 is 0.390 bits per heavy atom. The predicted molar refractivity (Wildman–Crippen MR) is 175 cm³/mol. The quantitative estimate of drug-likeness (QED) is 0.225. The zero-order valence-corrected chi connectivity index (χ0v) is 25.1. The first-order valence-corrected chi connectivity index (χ1v) is 16.1. The summed E-state index contributed by atoms with van der Waals surface area (Å²) in [5.74, 6) is 0. The first-order chi connectivity index (χ1) is 19.9. The van der Waals surface area contributed by atoms with Crippen molar-refractivity contribution < 1.29 is 0 Å². The van der Waals surface area contributed by atoms with E-state index in [2.05, 4.69) is 159 Å². The second-order valence-electron chi connectivity index (χ2n) is 11.1. The van der Waals surface area contributed by atoms with Crippen LogP contribution in [0.25, 0.3) is 22.3 Å². The number of rotatable bonds is 6. The molecule has 4 aromatic carbocycles. The Bertz CT molecular complexity index is 1620. The van der Waals surface area contributed by atoms with Gasteiger partial charge in [-0.15, -0.1) is 0 Å². The van der Waals surface area contributed by atoms with Crippen molar-refractivity contribution in [2.45, 2.75) is 27.7 Å². The summed E-state index contributed by atoms with van der Waals surface area (Å²) in [7, 11) is -2.72. The van der Waals surface area contributed by atoms with Crippen LogP contribution in [0.4, 0.5) is 0 Å². The third-order valence-electron chi connectivity index (χ3n) is 7.93. The largest absolute Gasteiger partial charge is 0.265 e. The third kappa shape index (κ3) is 5.17. The standard InChI is InChI=1S/C38H34N2Si/c1-27-19-28(2)22-33(21-27)31-9-13-35(14-10-31)41(37-7-5-17-39-25-37,38-8-6-18-40-26-38)36-15-11-32(12-16-36)34-23-29(3)20-30(4)24-34/h5-26H,1-4H3. The lowest BCUT2D eigenvalue weighted by Gasteiger charge is -2.34. The van der Waals surface area contributed by atoms with E-state index in [1.165, 1.54) is 65.3 Å². The number of aryl methyl sites for hydroxylation is 4. The van der Waals surface area contributed by atoms with E-state index in [0.29, 0.717) is 0 Å². The topological polar surface area (TPSA) is 25.8 Å². The molecule has 0 N–H and O–H groups in total. The molecule has 2 heterocycles. The number of nitrogens with zero attached hydrogens (tertiary/aromatic N) is 2. The van der Waals surface area contributed by atoms with Crippen molar-refractivity contribution in [1.82, 2.24) is 9.97 Å². The molecule has 0 bridgehead atoms. The van der Waals surface area contributed by atoms with Gasteiger partial charge < -0.3 is 0 Å². The molecule has 0 aliphatic carbocycles. The van der Waals surface area contributed by atoms with Crippen molar-refractivity contribution in [1.29, 1.82) is 0 Å². The molecule has 0 unspecified atom stereocenters. The fourth-order valence-corrected chi connectivity index (χ4v) is 10.8. The molecule has 0 atom stereocenters. The number of hydrogen-bond donors (Lipinski definition) is 0. The lowest BCUT2D eigenvalue weighted by atomic mass is 10.0. The van der Waals surface area contributed by atoms with Gasteiger partial charge in [-0.1, -0.05) is 119 Å². The third-order valence-corrected chi connectivity index (χ3v) is 12.7. The minimum absolute atomic E-state index is 1.23. The summed E-state index contributed by atoms with van der Waals surface area (Å²) >= 11 is 0. The maximum absolute atomic E-state index is 4.61. The van der Waals surface area contributed by atoms with Gasteiger partial charge in [-0.05, 0) is 82.8 Å². The van der Waals surface area contributed by atoms with E-state index in [1.54, 1.807) is 0 Å². The van der Waals surface area contributed by atoms with Gasteiger partial charge in [0.05, 0.1) is 0 Å². The van der Waals surface area contributed by atoms with Crippen LogP contribution in [0.15, 0.2) is 134 Å². The predicted octanol–water partition coefficient (Wildman–Crippen LogP) is 6.42. The number of pyridine rings is 2. The summed E-state index contributed by atoms with van der Waals surface area (Å²) < 4.78 is 0. The second-order valence-corrected chi connectivity index (χ2v) is 15.0. The van der Waals surface area contributed by atoms with Crippen LogP contribution in [0.3, 0.4) is 0 Å². The minimum atomic E-state index is -2.72. The Morgan fingerprint density at radius 2 is 0.756 bits per heavy atom. The van der Waals surface area contributed by atoms with Gasteiger partial charge in [0.15, 0.2) is 8.07 Å². The molecule has 0 spiro atoms. The molecule has 0 saturated heterocycles. The van der Waals surface area contributed by atoms with Crippen LogP contribution in [-0.2, 0) is 0 Å². The normalized spacial score (nSPS) is 11.4. The highest BCUT2D eigenvalue weighted by Crippen LogP contribution is 2.24. The van der Waals surface area contributed by atoms with Gasteiger partial charge in [0.2, 0.25) is 0 Å². The van der Waals surface area contributed by atoms with Crippen LogP contribution in [0.2, 0.25) is 0 Å². The summed E-state index contributed by atoms with van der Waals surface area (Å²) in [4.78, 5) is 9.22. The first-order valence-electron chi connectivity index (χ1n) is 14.1. The van der Waals surface area contributed by atoms with E-state index >= 15 is 0 Å². The highest BCUT2D eigenvalue weighted by molar-refractivity contribution is 7.19. The Hall–Kier alpha value is -4.60. The van der Waals surface area contributed by atoms with Gasteiger partial charge in [0.25, 0.3) is 0 Å².